The lowest BCUT2D eigenvalue weighted by molar-refractivity contribution is -0.0727. The molecular formula is C87H102N20O29. The lowest BCUT2D eigenvalue weighted by Gasteiger charge is -2.32. The summed E-state index contributed by atoms with van der Waals surface area (Å²) >= 11 is 0. The first-order valence-corrected chi connectivity index (χ1v) is 41.4. The molecule has 5 aromatic carbocycles. The van der Waals surface area contributed by atoms with Gasteiger partial charge in [0.15, 0.2) is 55.9 Å². The minimum Gasteiger partial charge on any atom is -0.508 e. The quantitative estimate of drug-likeness (QED) is 0.0224. The number of fused-ring (bicyclic) bond motifs is 10. The van der Waals surface area contributed by atoms with Crippen molar-refractivity contribution in [1.82, 2.24) is 49.8 Å². The van der Waals surface area contributed by atoms with Gasteiger partial charge in [0.1, 0.15) is 148 Å². The third-order valence-corrected chi connectivity index (χ3v) is 22.3. The van der Waals surface area contributed by atoms with Crippen molar-refractivity contribution < 1.29 is 122 Å². The van der Waals surface area contributed by atoms with Crippen LogP contribution in [0.25, 0.3) is 32.9 Å². The van der Waals surface area contributed by atoms with Crippen LogP contribution in [0.3, 0.4) is 0 Å². The second-order valence-electron chi connectivity index (χ2n) is 32.2. The van der Waals surface area contributed by atoms with E-state index < -0.39 is 152 Å². The molecule has 15 rings (SSSR count). The summed E-state index contributed by atoms with van der Waals surface area (Å²) in [5, 5.41) is 225. The van der Waals surface area contributed by atoms with Gasteiger partial charge >= 0.3 is 0 Å². The van der Waals surface area contributed by atoms with Gasteiger partial charge in [0.25, 0.3) is 27.8 Å². The van der Waals surface area contributed by atoms with Crippen LogP contribution in [0.2, 0.25) is 0 Å². The van der Waals surface area contributed by atoms with E-state index in [0.29, 0.717) is 79.7 Å². The van der Waals surface area contributed by atoms with E-state index in [1.165, 1.54) is 49.9 Å². The zero-order valence-corrected chi connectivity index (χ0v) is 73.6. The molecule has 5 aromatic heterocycles. The number of aliphatic hydroxyl groups is 20. The fourth-order valence-electron chi connectivity index (χ4n) is 14.5. The van der Waals surface area contributed by atoms with Crippen molar-refractivity contribution in [3.63, 3.8) is 0 Å². The Bertz CT molecular complexity index is 7010. The van der Waals surface area contributed by atoms with Crippen LogP contribution < -0.4 is 106 Å². The molecule has 0 radical (unpaired) electrons. The van der Waals surface area contributed by atoms with Gasteiger partial charge in [-0.25, -0.2) is 49.9 Å². The van der Waals surface area contributed by atoms with Crippen LogP contribution in [-0.4, -0.2) is 331 Å². The van der Waals surface area contributed by atoms with Crippen molar-refractivity contribution >= 4 is 125 Å². The Morgan fingerprint density at radius 2 is 0.581 bits per heavy atom. The molecule has 49 nitrogen and oxygen atoms in total. The Labute approximate surface area is 765 Å². The maximum atomic E-state index is 12.4. The number of phenolic OH excluding ortho intramolecular Hbond substituents is 3. The molecule has 5 aliphatic rings. The van der Waals surface area contributed by atoms with E-state index in [2.05, 4.69) is 108 Å². The first-order chi connectivity index (χ1) is 64.2. The van der Waals surface area contributed by atoms with E-state index in [9.17, 15) is 121 Å². The maximum Gasteiger partial charge on any atom is 0.279 e. The van der Waals surface area contributed by atoms with Gasteiger partial charge in [-0.15, -0.1) is 0 Å². The molecule has 0 spiro atoms. The molecule has 0 fully saturated rings. The summed E-state index contributed by atoms with van der Waals surface area (Å²) in [6.07, 6.45) is -22.6. The lowest BCUT2D eigenvalue weighted by atomic mass is 10.0. The number of β-amino-alcohol motifs (C(OH)–C–C–N with tert-alkyl or cyclic N) is 5. The van der Waals surface area contributed by atoms with Gasteiger partial charge < -0.3 is 167 Å². The van der Waals surface area contributed by atoms with Crippen LogP contribution in [0, 0.1) is 41.5 Å². The number of aldehydes is 1. The molecule has 49 heteroatoms. The number of phenols is 3. The highest BCUT2D eigenvalue weighted by Crippen LogP contribution is 2.46. The molecule has 0 saturated heterocycles. The fraction of sp³-hybridized carbons (Fsp3) is 0.356. The van der Waals surface area contributed by atoms with Crippen LogP contribution in [0.1, 0.15) is 43.7 Å². The Hall–Kier alpha value is -13.9. The predicted molar refractivity (Wildman–Crippen MR) is 486 cm³/mol. The summed E-state index contributed by atoms with van der Waals surface area (Å²) in [5.41, 5.74) is 6.45. The number of aromatic hydroxyl groups is 3. The van der Waals surface area contributed by atoms with Crippen LogP contribution in [0.5, 0.6) is 17.2 Å². The standard InChI is InChI=1S/C18H20N4O6.C18H22N4O6.C18H22N4O5.C17H20N4O6.C16H18N4O6/c1-8-3-11-12(4-10(8)6-23)22(5-13(25)16(27)14(26)7-24)17-15(21-11)18(28)20-9(2)19-17;1-7-4-10-13(15(26)8(7)2)21-14-17(19-9(3)20-18(14)28)22(10)5-11(24)16(27)12(25)6-23;1-8-4-11-12(5-9(8)2)22(6-13(24)16(26)14(25)7-23)17-15(21-11)18(27)20-10(3)19-17;1-7-3-9-10(4-11(7)23)21(5-12(24)15(26)13(25)6-22)16-14(20-9)17(27)19-8(2)18-16;1-7-17-15-13(16(26)18-7)19-9-3-2-8(22)4-10(9)20(15)5-11(23)14(25)12(24)6-21/h3-4,6,13-14,16,24-27H,2,5,7H2,1H3,(H,20,28);4,11-12,16,23-27H,3,5-6H2,1-2H3,(H,20,28);4-5,13-14,16,23-26H,3,6-7H2,1-2H3,(H,20,27);3-4,12-13,15,22-26H,2,5-6H2,1H3,(H,19,27);2-4,11-12,14,21-25H,1,5-6H2,(H,18,26)/t13-,14+,16-;11-,12+,16-;13-,14+,16-;12-,13+,15-;11-,12+,14-/m00000/s1. The number of aliphatic hydroxyl groups excluding tert-OH is 20. The fourth-order valence-corrected chi connectivity index (χ4v) is 14.5. The van der Waals surface area contributed by atoms with E-state index in [1.807, 2.05) is 26.0 Å². The SMILES string of the molecule is C=c1nc2c(c(=O)[nH]1)=Nc1c(cc(C)c(C)c1O)N2C[C@H](O)[C@H](O)[C@H](O)CO.C=c1nc2c(c(=O)[nH]1)=Nc1cc(C)c(C)cc1N2C[C@H](O)[C@H](O)[C@H](O)CO.C=c1nc2c(c(=O)[nH]1)=Nc1cc(C)c(C=O)cc1N2C[C@H](O)[C@H](O)[C@H](O)CO.C=c1nc2c(c(=O)[nH]1)=Nc1cc(C)c(O)cc1N2C[C@H](O)[C@H](O)[C@H](O)CO.C=c1nc2c(c(=O)[nH]1)=Nc1ccc(O)cc1N2C[C@H](O)[C@H](O)[C@H](O)CO. The second kappa shape index (κ2) is 42.8. The van der Waals surface area contributed by atoms with Crippen molar-refractivity contribution in [1.29, 1.82) is 0 Å². The average Bonchev–Trinajstić information content (AvgIpc) is 0.781. The Morgan fingerprint density at radius 3 is 0.904 bits per heavy atom. The molecule has 0 aliphatic carbocycles. The molecule has 10 heterocycles. The number of hydrogen-bond donors (Lipinski definition) is 28. The second-order valence-corrected chi connectivity index (χ2v) is 32.2. The highest BCUT2D eigenvalue weighted by molar-refractivity contribution is 5.87. The van der Waals surface area contributed by atoms with Crippen LogP contribution in [-0.2, 0) is 0 Å². The molecule has 724 valence electrons. The number of rotatable bonds is 26. The van der Waals surface area contributed by atoms with Gasteiger partial charge in [-0.1, -0.05) is 32.9 Å². The molecule has 10 aromatic rings. The van der Waals surface area contributed by atoms with Crippen LogP contribution in [0.15, 0.2) is 110 Å². The van der Waals surface area contributed by atoms with Gasteiger partial charge in [0.2, 0.25) is 0 Å². The van der Waals surface area contributed by atoms with Gasteiger partial charge in [-0.3, -0.25) is 28.8 Å². The van der Waals surface area contributed by atoms with Crippen molar-refractivity contribution in [2.45, 2.75) is 133 Å². The Morgan fingerprint density at radius 1 is 0.316 bits per heavy atom. The van der Waals surface area contributed by atoms with Gasteiger partial charge in [0.05, 0.1) is 117 Å². The molecular weight excluding hydrogens is 1790 g/mol. The number of nitrogens with zero attached hydrogens (tertiary/aromatic N) is 15. The molecule has 0 amide bonds. The van der Waals surface area contributed by atoms with Crippen molar-refractivity contribution in [2.24, 2.45) is 25.0 Å². The number of H-pyrrole nitrogens is 5. The summed E-state index contributed by atoms with van der Waals surface area (Å²) in [7, 11) is 0. The van der Waals surface area contributed by atoms with E-state index >= 15 is 0 Å². The summed E-state index contributed by atoms with van der Waals surface area (Å²) in [6, 6.07) is 15.8. The summed E-state index contributed by atoms with van der Waals surface area (Å²) in [5.74, 6) is 0.338. The monoisotopic (exact) mass is 1890 g/mol. The first-order valence-electron chi connectivity index (χ1n) is 41.4. The molecule has 0 bridgehead atoms. The number of nitrogens with one attached hydrogen (secondary N) is 5. The van der Waals surface area contributed by atoms with E-state index in [4.69, 9.17) is 25.5 Å². The van der Waals surface area contributed by atoms with E-state index in [1.54, 1.807) is 50.8 Å². The molecule has 0 saturated carbocycles. The smallest absolute Gasteiger partial charge is 0.279 e. The van der Waals surface area contributed by atoms with Crippen molar-refractivity contribution in [3.8, 4) is 17.2 Å². The highest BCUT2D eigenvalue weighted by atomic mass is 16.4. The lowest BCUT2D eigenvalue weighted by Crippen LogP contribution is -2.48. The normalized spacial score (nSPS) is 16.1. The number of anilines is 10. The predicted octanol–water partition coefficient (Wildman–Crippen LogP) is -10.9. The number of benzene rings is 5. The van der Waals surface area contributed by atoms with Crippen molar-refractivity contribution in [2.75, 3.05) is 90.3 Å². The number of aromatic amines is 5. The van der Waals surface area contributed by atoms with E-state index in [0.717, 1.165) is 16.7 Å². The average molecular weight is 1890 g/mol. The third kappa shape index (κ3) is 21.9. The largest absolute Gasteiger partial charge is 0.508 e. The van der Waals surface area contributed by atoms with Crippen LogP contribution in [0.4, 0.5) is 86.0 Å². The number of hydrogen-bond acceptors (Lipinski definition) is 44. The number of carbonyl (C=O) groups excluding carboxylic acids is 1. The van der Waals surface area contributed by atoms with E-state index in [-0.39, 0.29) is 139 Å². The summed E-state index contributed by atoms with van der Waals surface area (Å²) in [6.45, 7) is 23.8. The molecule has 0 unspecified atom stereocenters. The number of aryl methyl sites for hydroxylation is 5. The molecule has 136 heavy (non-hydrogen) atoms. The van der Waals surface area contributed by atoms with Gasteiger partial charge in [0, 0.05) is 17.7 Å². The Balaban J connectivity index is 0.000000163. The molecule has 28 N–H and O–H groups in total. The van der Waals surface area contributed by atoms with Crippen molar-refractivity contribution in [3.05, 3.63) is 206 Å². The third-order valence-electron chi connectivity index (χ3n) is 22.3. The minimum atomic E-state index is -1.65. The molecule has 5 aliphatic heterocycles. The first kappa shape index (κ1) is 103. The summed E-state index contributed by atoms with van der Waals surface area (Å²) < 4.78 is 0. The van der Waals surface area contributed by atoms with Crippen LogP contribution >= 0.6 is 0 Å². The van der Waals surface area contributed by atoms with Gasteiger partial charge in [-0.05, 0) is 123 Å². The Kier molecular flexibility index (Phi) is 32.3. The number of carbonyl (C=O) groups is 1. The topological polar surface area (TPSA) is 789 Å². The molecule has 15 atom stereocenters. The number of aromatic nitrogens is 10. The maximum absolute atomic E-state index is 12.4. The highest BCUT2D eigenvalue weighted by Gasteiger charge is 2.39. The summed E-state index contributed by atoms with van der Waals surface area (Å²) in [4.78, 5) is 135. The zero-order valence-electron chi connectivity index (χ0n) is 73.6. The van der Waals surface area contributed by atoms with Gasteiger partial charge in [-0.2, -0.15) is 0 Å². The zero-order chi connectivity index (χ0) is 100. The minimum absolute atomic E-state index is 0.00983.